The fourth-order valence-corrected chi connectivity index (χ4v) is 4.34. The summed E-state index contributed by atoms with van der Waals surface area (Å²) < 4.78 is 0. The number of benzene rings is 1. The van der Waals surface area contributed by atoms with Gasteiger partial charge in [0.1, 0.15) is 0 Å². The molecule has 0 aromatic heterocycles. The number of halogens is 1. The monoisotopic (exact) mass is 390 g/mol. The predicted octanol–water partition coefficient (Wildman–Crippen LogP) is 4.35. The zero-order valence-electron chi connectivity index (χ0n) is 16.1. The minimum atomic E-state index is 0.214. The van der Waals surface area contributed by atoms with Gasteiger partial charge in [0, 0.05) is 36.5 Å². The summed E-state index contributed by atoms with van der Waals surface area (Å²) in [5.74, 6) is 0.690. The highest BCUT2D eigenvalue weighted by atomic mass is 35.5. The van der Waals surface area contributed by atoms with E-state index in [0.29, 0.717) is 6.42 Å². The molecular formula is C22H31ClN2O2. The second-order valence-electron chi connectivity index (χ2n) is 7.98. The first-order valence-corrected chi connectivity index (χ1v) is 10.8. The largest absolute Gasteiger partial charge is 0.353 e. The van der Waals surface area contributed by atoms with Crippen LogP contribution in [0.3, 0.4) is 0 Å². The number of hydrogen-bond donors (Lipinski definition) is 1. The number of amides is 2. The molecule has 0 spiro atoms. The molecule has 2 aliphatic rings. The van der Waals surface area contributed by atoms with Crippen molar-refractivity contribution in [3.05, 3.63) is 34.9 Å². The van der Waals surface area contributed by atoms with Crippen LogP contribution in [0.25, 0.3) is 0 Å². The SMILES string of the molecule is O=C(NC1CCN(C(=O)CCCc2ccc(Cl)cc2)CC1)C1CCCCC1. The molecule has 1 aromatic rings. The number of piperidine rings is 1. The molecule has 2 amide bonds. The predicted molar refractivity (Wildman–Crippen MR) is 109 cm³/mol. The fraction of sp³-hybridized carbons (Fsp3) is 0.636. The van der Waals surface area contributed by atoms with Crippen LogP contribution in [0, 0.1) is 5.92 Å². The van der Waals surface area contributed by atoms with Crippen LogP contribution in [0.5, 0.6) is 0 Å². The summed E-state index contributed by atoms with van der Waals surface area (Å²) in [6.07, 6.45) is 9.80. The summed E-state index contributed by atoms with van der Waals surface area (Å²) >= 11 is 5.90. The van der Waals surface area contributed by atoms with Crippen LogP contribution < -0.4 is 5.32 Å². The summed E-state index contributed by atoms with van der Waals surface area (Å²) in [6, 6.07) is 8.06. The summed E-state index contributed by atoms with van der Waals surface area (Å²) in [5.41, 5.74) is 1.22. The van der Waals surface area contributed by atoms with E-state index < -0.39 is 0 Å². The molecule has 1 aliphatic heterocycles. The van der Waals surface area contributed by atoms with Gasteiger partial charge >= 0.3 is 0 Å². The second-order valence-corrected chi connectivity index (χ2v) is 8.42. The smallest absolute Gasteiger partial charge is 0.223 e. The van der Waals surface area contributed by atoms with E-state index in [4.69, 9.17) is 11.6 Å². The van der Waals surface area contributed by atoms with Gasteiger partial charge in [-0.1, -0.05) is 43.0 Å². The fourth-order valence-electron chi connectivity index (χ4n) is 4.21. The Balaban J connectivity index is 1.33. The van der Waals surface area contributed by atoms with E-state index in [1.807, 2.05) is 29.2 Å². The first-order chi connectivity index (χ1) is 13.1. The van der Waals surface area contributed by atoms with Crippen LogP contribution in [-0.2, 0) is 16.0 Å². The van der Waals surface area contributed by atoms with Crippen molar-refractivity contribution in [3.8, 4) is 0 Å². The number of likely N-dealkylation sites (tertiary alicyclic amines) is 1. The average Bonchev–Trinajstić information content (AvgIpc) is 2.70. The lowest BCUT2D eigenvalue weighted by Crippen LogP contribution is -2.48. The number of nitrogens with one attached hydrogen (secondary N) is 1. The first kappa shape index (κ1) is 20.2. The molecule has 1 N–H and O–H groups in total. The van der Waals surface area contributed by atoms with Crippen molar-refractivity contribution < 1.29 is 9.59 Å². The Bertz CT molecular complexity index is 618. The molecule has 1 saturated carbocycles. The Morgan fingerprint density at radius 1 is 1.00 bits per heavy atom. The number of rotatable bonds is 6. The highest BCUT2D eigenvalue weighted by Gasteiger charge is 2.27. The number of nitrogens with zero attached hydrogens (tertiary/aromatic N) is 1. The molecule has 1 aliphatic carbocycles. The Labute approximate surface area is 167 Å². The Kier molecular flexibility index (Phi) is 7.57. The summed E-state index contributed by atoms with van der Waals surface area (Å²) in [6.45, 7) is 1.52. The van der Waals surface area contributed by atoms with Crippen LogP contribution in [0.1, 0.15) is 63.4 Å². The minimum absolute atomic E-state index is 0.214. The number of aryl methyl sites for hydroxylation is 1. The lowest BCUT2D eigenvalue weighted by atomic mass is 9.88. The zero-order chi connectivity index (χ0) is 19.1. The third-order valence-corrected chi connectivity index (χ3v) is 6.19. The summed E-state index contributed by atoms with van der Waals surface area (Å²) in [7, 11) is 0. The highest BCUT2D eigenvalue weighted by Crippen LogP contribution is 2.24. The Morgan fingerprint density at radius 2 is 1.67 bits per heavy atom. The molecule has 4 nitrogen and oxygen atoms in total. The van der Waals surface area contributed by atoms with Crippen molar-refractivity contribution >= 4 is 23.4 Å². The van der Waals surface area contributed by atoms with Crippen molar-refractivity contribution in [2.24, 2.45) is 5.92 Å². The molecule has 27 heavy (non-hydrogen) atoms. The van der Waals surface area contributed by atoms with Crippen LogP contribution in [0.2, 0.25) is 5.02 Å². The van der Waals surface area contributed by atoms with Crippen molar-refractivity contribution in [2.75, 3.05) is 13.1 Å². The van der Waals surface area contributed by atoms with Gasteiger partial charge < -0.3 is 10.2 Å². The van der Waals surface area contributed by atoms with Gasteiger partial charge in [-0.3, -0.25) is 9.59 Å². The molecule has 0 bridgehead atoms. The number of hydrogen-bond acceptors (Lipinski definition) is 2. The maximum atomic E-state index is 12.4. The van der Waals surface area contributed by atoms with E-state index in [9.17, 15) is 9.59 Å². The molecule has 5 heteroatoms. The first-order valence-electron chi connectivity index (χ1n) is 10.4. The van der Waals surface area contributed by atoms with Crippen LogP contribution in [0.15, 0.2) is 24.3 Å². The van der Waals surface area contributed by atoms with Crippen molar-refractivity contribution in [3.63, 3.8) is 0 Å². The van der Waals surface area contributed by atoms with Gasteiger partial charge in [-0.25, -0.2) is 0 Å². The summed E-state index contributed by atoms with van der Waals surface area (Å²) in [4.78, 5) is 26.8. The van der Waals surface area contributed by atoms with Gasteiger partial charge in [0.25, 0.3) is 0 Å². The maximum Gasteiger partial charge on any atom is 0.223 e. The average molecular weight is 391 g/mol. The lowest BCUT2D eigenvalue weighted by Gasteiger charge is -2.33. The quantitative estimate of drug-likeness (QED) is 0.784. The van der Waals surface area contributed by atoms with Crippen molar-refractivity contribution in [1.82, 2.24) is 10.2 Å². The molecule has 0 unspecified atom stereocenters. The molecule has 0 radical (unpaired) electrons. The van der Waals surface area contributed by atoms with E-state index in [0.717, 1.165) is 56.6 Å². The van der Waals surface area contributed by atoms with E-state index in [2.05, 4.69) is 5.32 Å². The topological polar surface area (TPSA) is 49.4 Å². The number of carbonyl (C=O) groups is 2. The molecule has 148 valence electrons. The van der Waals surface area contributed by atoms with Gasteiger partial charge in [0.2, 0.25) is 11.8 Å². The molecule has 1 saturated heterocycles. The van der Waals surface area contributed by atoms with Crippen LogP contribution in [0.4, 0.5) is 0 Å². The molecule has 0 atom stereocenters. The van der Waals surface area contributed by atoms with Gasteiger partial charge in [0.05, 0.1) is 0 Å². The van der Waals surface area contributed by atoms with Crippen LogP contribution in [-0.4, -0.2) is 35.8 Å². The molecule has 1 heterocycles. The standard InChI is InChI=1S/C22H31ClN2O2/c23-19-11-9-17(10-12-19)5-4-8-21(26)25-15-13-20(14-16-25)24-22(27)18-6-2-1-3-7-18/h9-12,18,20H,1-8,13-16H2,(H,24,27). The third kappa shape index (κ3) is 6.24. The van der Waals surface area contributed by atoms with E-state index in [1.165, 1.54) is 24.8 Å². The van der Waals surface area contributed by atoms with E-state index >= 15 is 0 Å². The molecule has 1 aromatic carbocycles. The van der Waals surface area contributed by atoms with Gasteiger partial charge in [-0.2, -0.15) is 0 Å². The number of carbonyl (C=O) groups excluding carboxylic acids is 2. The third-order valence-electron chi connectivity index (χ3n) is 5.94. The van der Waals surface area contributed by atoms with Crippen molar-refractivity contribution in [2.45, 2.75) is 70.3 Å². The molecule has 3 rings (SSSR count). The minimum Gasteiger partial charge on any atom is -0.353 e. The summed E-state index contributed by atoms with van der Waals surface area (Å²) in [5, 5.41) is 3.97. The molecule has 2 fully saturated rings. The van der Waals surface area contributed by atoms with Crippen LogP contribution >= 0.6 is 11.6 Å². The van der Waals surface area contributed by atoms with Crippen molar-refractivity contribution in [1.29, 1.82) is 0 Å². The van der Waals surface area contributed by atoms with E-state index in [1.54, 1.807) is 0 Å². The van der Waals surface area contributed by atoms with Gasteiger partial charge in [0.15, 0.2) is 0 Å². The van der Waals surface area contributed by atoms with E-state index in [-0.39, 0.29) is 23.8 Å². The second kappa shape index (κ2) is 10.1. The molecular weight excluding hydrogens is 360 g/mol. The van der Waals surface area contributed by atoms with Gasteiger partial charge in [-0.15, -0.1) is 0 Å². The highest BCUT2D eigenvalue weighted by molar-refractivity contribution is 6.30. The van der Waals surface area contributed by atoms with Gasteiger partial charge in [-0.05, 0) is 56.2 Å². The lowest BCUT2D eigenvalue weighted by molar-refractivity contribution is -0.132. The Morgan fingerprint density at radius 3 is 2.33 bits per heavy atom. The zero-order valence-corrected chi connectivity index (χ0v) is 16.8. The maximum absolute atomic E-state index is 12.4. The Hall–Kier alpha value is -1.55. The normalized spacial score (nSPS) is 19.1.